The lowest BCUT2D eigenvalue weighted by Gasteiger charge is -2.22. The van der Waals surface area contributed by atoms with Gasteiger partial charge in [0.05, 0.1) is 26.0 Å². The van der Waals surface area contributed by atoms with Crippen LogP contribution in [0.5, 0.6) is 0 Å². The Bertz CT molecular complexity index is 988. The first-order chi connectivity index (χ1) is 17.4. The van der Waals surface area contributed by atoms with Crippen LogP contribution in [0.3, 0.4) is 0 Å². The van der Waals surface area contributed by atoms with E-state index in [0.29, 0.717) is 42.9 Å². The quantitative estimate of drug-likeness (QED) is 0.557. The highest BCUT2D eigenvalue weighted by Crippen LogP contribution is 2.26. The van der Waals surface area contributed by atoms with Crippen LogP contribution in [0.4, 0.5) is 11.8 Å². The third kappa shape index (κ3) is 8.17. The molecular weight excluding hydrogens is 452 g/mol. The van der Waals surface area contributed by atoms with Gasteiger partial charge in [-0.25, -0.2) is 4.99 Å². The molecule has 2 aliphatic heterocycles. The van der Waals surface area contributed by atoms with Crippen molar-refractivity contribution in [2.75, 3.05) is 49.6 Å². The smallest absolute Gasteiger partial charge is 0.272 e. The molecule has 0 saturated heterocycles. The molecule has 198 valence electrons. The van der Waals surface area contributed by atoms with Crippen molar-refractivity contribution in [3.63, 3.8) is 0 Å². The van der Waals surface area contributed by atoms with Crippen LogP contribution in [0, 0.1) is 11.8 Å². The molecule has 0 bridgehead atoms. The third-order valence-corrected chi connectivity index (χ3v) is 5.85. The molecule has 0 radical (unpaired) electrons. The number of aromatic nitrogens is 2. The van der Waals surface area contributed by atoms with Gasteiger partial charge in [-0.1, -0.05) is 65.3 Å². The van der Waals surface area contributed by atoms with Crippen molar-refractivity contribution in [1.82, 2.24) is 14.9 Å². The van der Waals surface area contributed by atoms with Gasteiger partial charge in [0.25, 0.3) is 5.91 Å². The van der Waals surface area contributed by atoms with Gasteiger partial charge in [-0.3, -0.25) is 14.8 Å². The number of amidine groups is 1. The normalized spacial score (nSPS) is 19.7. The standard InChI is InChI=1S/C25H38N8O.C2H6/c1-6-10-20(3)17-31(4)25-30-23(33-14-13-26-18-33)22(32(25)5)24(34)29-16-21-27-12-9-7-8-11-19(2)15-28-21;1-2/h7-9,11,15,18-20H,6,10,12-14,16-17H2,1-5H3,(H,29,34);1-2H3/b9-7-,11-8-,27-21?,28-15?;. The number of amides is 1. The molecule has 0 saturated carbocycles. The van der Waals surface area contributed by atoms with Gasteiger partial charge < -0.3 is 19.7 Å². The maximum Gasteiger partial charge on any atom is 0.272 e. The second-order valence-corrected chi connectivity index (χ2v) is 9.02. The van der Waals surface area contributed by atoms with E-state index in [2.05, 4.69) is 52.0 Å². The van der Waals surface area contributed by atoms with Crippen molar-refractivity contribution >= 4 is 36.1 Å². The molecule has 0 spiro atoms. The number of rotatable bonds is 9. The molecule has 1 amide bonds. The van der Waals surface area contributed by atoms with Crippen LogP contribution in [0.15, 0.2) is 39.3 Å². The van der Waals surface area contributed by atoms with Crippen LogP contribution in [0.1, 0.15) is 57.9 Å². The van der Waals surface area contributed by atoms with Gasteiger partial charge in [0.1, 0.15) is 5.84 Å². The minimum atomic E-state index is -0.204. The van der Waals surface area contributed by atoms with Crippen molar-refractivity contribution in [2.45, 2.75) is 47.5 Å². The highest BCUT2D eigenvalue weighted by molar-refractivity contribution is 6.03. The molecule has 1 N–H and O–H groups in total. The monoisotopic (exact) mass is 496 g/mol. The van der Waals surface area contributed by atoms with Crippen LogP contribution in [-0.4, -0.2) is 73.6 Å². The summed E-state index contributed by atoms with van der Waals surface area (Å²) >= 11 is 0. The molecule has 3 heterocycles. The average Bonchev–Trinajstić information content (AvgIpc) is 3.51. The Labute approximate surface area is 216 Å². The third-order valence-electron chi connectivity index (χ3n) is 5.85. The number of imidazole rings is 1. The Balaban J connectivity index is 0.00000222. The molecule has 2 aliphatic rings. The zero-order valence-electron chi connectivity index (χ0n) is 23.1. The Morgan fingerprint density at radius 3 is 2.78 bits per heavy atom. The number of aliphatic imine (C=N–C) groups is 3. The fourth-order valence-electron chi connectivity index (χ4n) is 4.12. The maximum atomic E-state index is 13.4. The van der Waals surface area contributed by atoms with Gasteiger partial charge in [0, 0.05) is 39.3 Å². The number of allylic oxidation sites excluding steroid dienone is 3. The van der Waals surface area contributed by atoms with Gasteiger partial charge in [-0.2, -0.15) is 4.98 Å². The largest absolute Gasteiger partial charge is 0.345 e. The molecule has 2 atom stereocenters. The fourth-order valence-corrected chi connectivity index (χ4v) is 4.12. The molecule has 0 fully saturated rings. The number of nitrogens with zero attached hydrogens (tertiary/aromatic N) is 7. The van der Waals surface area contributed by atoms with Crippen molar-refractivity contribution < 1.29 is 4.79 Å². The van der Waals surface area contributed by atoms with Crippen molar-refractivity contribution in [1.29, 1.82) is 0 Å². The van der Waals surface area contributed by atoms with Crippen LogP contribution < -0.4 is 15.1 Å². The second kappa shape index (κ2) is 15.0. The molecule has 9 nitrogen and oxygen atoms in total. The lowest BCUT2D eigenvalue weighted by Crippen LogP contribution is -2.33. The van der Waals surface area contributed by atoms with E-state index in [1.54, 1.807) is 6.34 Å². The first-order valence-corrected chi connectivity index (χ1v) is 13.1. The number of carbonyl (C=O) groups excluding carboxylic acids is 1. The minimum Gasteiger partial charge on any atom is -0.345 e. The van der Waals surface area contributed by atoms with Crippen LogP contribution in [0.2, 0.25) is 0 Å². The van der Waals surface area contributed by atoms with E-state index in [1.165, 1.54) is 0 Å². The lowest BCUT2D eigenvalue weighted by molar-refractivity contribution is 0.0952. The van der Waals surface area contributed by atoms with Crippen molar-refractivity contribution in [3.8, 4) is 0 Å². The molecular formula is C27H44N8O. The van der Waals surface area contributed by atoms with E-state index in [9.17, 15) is 4.79 Å². The van der Waals surface area contributed by atoms with E-state index in [-0.39, 0.29) is 18.4 Å². The molecule has 2 unspecified atom stereocenters. The van der Waals surface area contributed by atoms with Crippen molar-refractivity contribution in [3.05, 3.63) is 30.0 Å². The predicted octanol–water partition coefficient (Wildman–Crippen LogP) is 4.13. The number of hydrogen-bond donors (Lipinski definition) is 1. The van der Waals surface area contributed by atoms with Crippen LogP contribution in [0.25, 0.3) is 0 Å². The van der Waals surface area contributed by atoms with Crippen LogP contribution >= 0.6 is 0 Å². The summed E-state index contributed by atoms with van der Waals surface area (Å²) in [5.74, 6) is 2.51. The van der Waals surface area contributed by atoms with Crippen LogP contribution in [-0.2, 0) is 7.05 Å². The zero-order valence-corrected chi connectivity index (χ0v) is 23.1. The van der Waals surface area contributed by atoms with E-state index < -0.39 is 0 Å². The molecule has 3 rings (SSSR count). The zero-order chi connectivity index (χ0) is 26.5. The Hall–Kier alpha value is -3.23. The van der Waals surface area contributed by atoms with Gasteiger partial charge in [0.2, 0.25) is 5.95 Å². The SMILES string of the molecule is CC.CCCC(C)CN(C)c1nc(N2C=NCC2)c(C(=O)NCC2=NC/C=C\C=C/C(C)C=N2)n1C. The number of anilines is 2. The highest BCUT2D eigenvalue weighted by Gasteiger charge is 2.27. The molecule has 36 heavy (non-hydrogen) atoms. The van der Waals surface area contributed by atoms with Gasteiger partial charge in [-0.15, -0.1) is 0 Å². The first kappa shape index (κ1) is 29.0. The van der Waals surface area contributed by atoms with Gasteiger partial charge in [0.15, 0.2) is 11.5 Å². The minimum absolute atomic E-state index is 0.190. The first-order valence-electron chi connectivity index (χ1n) is 13.1. The van der Waals surface area contributed by atoms with E-state index in [1.807, 2.05) is 61.9 Å². The van der Waals surface area contributed by atoms with Gasteiger partial charge >= 0.3 is 0 Å². The summed E-state index contributed by atoms with van der Waals surface area (Å²) in [6, 6.07) is 0. The van der Waals surface area contributed by atoms with Crippen molar-refractivity contribution in [2.24, 2.45) is 33.9 Å². The molecule has 1 aromatic rings. The molecule has 1 aromatic heterocycles. The molecule has 0 aromatic carbocycles. The number of hydrogen-bond acceptors (Lipinski definition) is 7. The second-order valence-electron chi connectivity index (χ2n) is 9.02. The predicted molar refractivity (Wildman–Crippen MR) is 153 cm³/mol. The van der Waals surface area contributed by atoms with Gasteiger partial charge in [-0.05, 0) is 12.3 Å². The Morgan fingerprint density at radius 1 is 1.31 bits per heavy atom. The maximum absolute atomic E-state index is 13.4. The molecule has 0 aliphatic carbocycles. The van der Waals surface area contributed by atoms with E-state index in [0.717, 1.165) is 25.3 Å². The summed E-state index contributed by atoms with van der Waals surface area (Å²) in [6.45, 7) is 13.6. The summed E-state index contributed by atoms with van der Waals surface area (Å²) < 4.78 is 1.88. The fraction of sp³-hybridized carbons (Fsp3) is 0.593. The summed E-state index contributed by atoms with van der Waals surface area (Å²) in [5, 5.41) is 3.01. The van der Waals surface area contributed by atoms with E-state index in [4.69, 9.17) is 4.98 Å². The highest BCUT2D eigenvalue weighted by atomic mass is 16.2. The number of carbonyl (C=O) groups is 1. The lowest BCUT2D eigenvalue weighted by atomic mass is 10.1. The summed E-state index contributed by atoms with van der Waals surface area (Å²) in [6.07, 6.45) is 13.9. The summed E-state index contributed by atoms with van der Waals surface area (Å²) in [7, 11) is 3.93. The number of nitrogens with one attached hydrogen (secondary N) is 1. The topological polar surface area (TPSA) is 90.5 Å². The summed E-state index contributed by atoms with van der Waals surface area (Å²) in [5.41, 5.74) is 0.513. The Kier molecular flexibility index (Phi) is 12.1. The Morgan fingerprint density at radius 2 is 2.08 bits per heavy atom. The molecule has 9 heteroatoms. The van der Waals surface area contributed by atoms with E-state index >= 15 is 0 Å². The summed E-state index contributed by atoms with van der Waals surface area (Å²) in [4.78, 5) is 35.7. The average molecular weight is 497 g/mol.